The molecule has 0 radical (unpaired) electrons. The number of nitrogen functional groups attached to an aromatic ring is 1. The van der Waals surface area contributed by atoms with E-state index in [4.69, 9.17) is 17.3 Å². The Balaban J connectivity index is 2.12. The number of benzene rings is 2. The molecule has 2 aromatic carbocycles. The highest BCUT2D eigenvalue weighted by molar-refractivity contribution is 7.92. The maximum Gasteiger partial charge on any atom is 0.296 e. The topological polar surface area (TPSA) is 99.1 Å². The van der Waals surface area contributed by atoms with Gasteiger partial charge in [-0.2, -0.15) is 0 Å². The van der Waals surface area contributed by atoms with Gasteiger partial charge in [0.25, 0.3) is 15.6 Å². The predicted octanol–water partition coefficient (Wildman–Crippen LogP) is 2.52. The van der Waals surface area contributed by atoms with Crippen molar-refractivity contribution in [2.45, 2.75) is 11.8 Å². The number of hydrogen-bond acceptors (Lipinski definition) is 4. The van der Waals surface area contributed by atoms with E-state index >= 15 is 0 Å². The summed E-state index contributed by atoms with van der Waals surface area (Å²) in [7, 11) is -2.41. The highest BCUT2D eigenvalue weighted by Gasteiger charge is 2.24. The SMILES string of the molecule is Cc1c(NS(=O)(=O)c2cc(N)ccc2Cl)c(=O)n(-c2ccccc2)n1C. The maximum absolute atomic E-state index is 12.8. The highest BCUT2D eigenvalue weighted by Crippen LogP contribution is 2.26. The van der Waals surface area contributed by atoms with Gasteiger partial charge in [0.05, 0.1) is 16.4 Å². The van der Waals surface area contributed by atoms with Crippen LogP contribution in [-0.2, 0) is 17.1 Å². The quantitative estimate of drug-likeness (QED) is 0.666. The van der Waals surface area contributed by atoms with E-state index in [0.717, 1.165) is 0 Å². The summed E-state index contributed by atoms with van der Waals surface area (Å²) >= 11 is 6.00. The Morgan fingerprint density at radius 3 is 2.42 bits per heavy atom. The van der Waals surface area contributed by atoms with Crippen molar-refractivity contribution in [3.8, 4) is 5.69 Å². The fourth-order valence-corrected chi connectivity index (χ4v) is 4.25. The number of nitrogens with zero attached hydrogens (tertiary/aromatic N) is 2. The molecule has 0 amide bonds. The largest absolute Gasteiger partial charge is 0.399 e. The zero-order valence-electron chi connectivity index (χ0n) is 14.1. The molecule has 0 fully saturated rings. The maximum atomic E-state index is 12.8. The van der Waals surface area contributed by atoms with Crippen LogP contribution in [0.5, 0.6) is 0 Å². The van der Waals surface area contributed by atoms with Crippen molar-refractivity contribution in [1.29, 1.82) is 0 Å². The Labute approximate surface area is 155 Å². The molecule has 136 valence electrons. The summed E-state index contributed by atoms with van der Waals surface area (Å²) in [5.41, 5.74) is 6.46. The Morgan fingerprint density at radius 2 is 1.77 bits per heavy atom. The predicted molar refractivity (Wildman–Crippen MR) is 102 cm³/mol. The number of nitrogens with one attached hydrogen (secondary N) is 1. The smallest absolute Gasteiger partial charge is 0.296 e. The summed E-state index contributed by atoms with van der Waals surface area (Å²) < 4.78 is 30.8. The molecular formula is C17H17ClN4O3S. The van der Waals surface area contributed by atoms with Crippen molar-refractivity contribution in [2.75, 3.05) is 10.5 Å². The van der Waals surface area contributed by atoms with Crippen molar-refractivity contribution >= 4 is 33.0 Å². The summed E-state index contributed by atoms with van der Waals surface area (Å²) in [4.78, 5) is 12.6. The van der Waals surface area contributed by atoms with Crippen molar-refractivity contribution in [3.63, 3.8) is 0 Å². The van der Waals surface area contributed by atoms with Crippen LogP contribution in [0.15, 0.2) is 58.2 Å². The molecule has 0 atom stereocenters. The minimum Gasteiger partial charge on any atom is -0.399 e. The van der Waals surface area contributed by atoms with E-state index in [2.05, 4.69) is 4.72 Å². The number of halogens is 1. The van der Waals surface area contributed by atoms with E-state index in [1.165, 1.54) is 22.9 Å². The molecule has 3 rings (SSSR count). The van der Waals surface area contributed by atoms with E-state index in [0.29, 0.717) is 11.4 Å². The fraction of sp³-hybridized carbons (Fsp3) is 0.118. The van der Waals surface area contributed by atoms with Crippen LogP contribution in [0.2, 0.25) is 5.02 Å². The molecule has 0 aliphatic carbocycles. The number of anilines is 2. The third kappa shape index (κ3) is 3.09. The zero-order valence-corrected chi connectivity index (χ0v) is 15.7. The summed E-state index contributed by atoms with van der Waals surface area (Å²) in [6.45, 7) is 1.65. The lowest BCUT2D eigenvalue weighted by Crippen LogP contribution is -2.23. The second kappa shape index (κ2) is 6.54. The second-order valence-corrected chi connectivity index (χ2v) is 7.79. The van der Waals surface area contributed by atoms with Gasteiger partial charge in [0.2, 0.25) is 0 Å². The van der Waals surface area contributed by atoms with Crippen LogP contribution in [0.1, 0.15) is 5.69 Å². The van der Waals surface area contributed by atoms with Crippen LogP contribution in [0.4, 0.5) is 11.4 Å². The number of rotatable bonds is 4. The molecular weight excluding hydrogens is 376 g/mol. The molecule has 1 aromatic heterocycles. The van der Waals surface area contributed by atoms with Crippen LogP contribution in [0.3, 0.4) is 0 Å². The van der Waals surface area contributed by atoms with Crippen LogP contribution < -0.4 is 16.0 Å². The van der Waals surface area contributed by atoms with E-state index in [-0.39, 0.29) is 21.3 Å². The minimum absolute atomic E-state index is 0.0173. The lowest BCUT2D eigenvalue weighted by Gasteiger charge is -2.09. The number of nitrogens with two attached hydrogens (primary N) is 1. The molecule has 3 aromatic rings. The fourth-order valence-electron chi connectivity index (χ4n) is 2.60. The molecule has 0 spiro atoms. The van der Waals surface area contributed by atoms with Gasteiger partial charge < -0.3 is 5.73 Å². The van der Waals surface area contributed by atoms with Gasteiger partial charge in [0.15, 0.2) is 0 Å². The first kappa shape index (κ1) is 18.1. The van der Waals surface area contributed by atoms with E-state index in [1.807, 2.05) is 6.07 Å². The van der Waals surface area contributed by atoms with Gasteiger partial charge in [0, 0.05) is 12.7 Å². The standard InChI is InChI=1S/C17H17ClN4O3S/c1-11-16(17(23)22(21(11)2)13-6-4-3-5-7-13)20-26(24,25)15-10-12(19)8-9-14(15)18/h3-10,20H,19H2,1-2H3. The first-order valence-electron chi connectivity index (χ1n) is 7.64. The first-order chi connectivity index (χ1) is 12.2. The lowest BCUT2D eigenvalue weighted by molar-refractivity contribution is 0.601. The molecule has 1 heterocycles. The number of hydrogen-bond donors (Lipinski definition) is 2. The minimum atomic E-state index is -4.09. The second-order valence-electron chi connectivity index (χ2n) is 5.73. The van der Waals surface area contributed by atoms with Crippen molar-refractivity contribution in [2.24, 2.45) is 7.05 Å². The van der Waals surface area contributed by atoms with E-state index in [9.17, 15) is 13.2 Å². The molecule has 7 nitrogen and oxygen atoms in total. The molecule has 26 heavy (non-hydrogen) atoms. The Kier molecular flexibility index (Phi) is 4.55. The van der Waals surface area contributed by atoms with Crippen molar-refractivity contribution < 1.29 is 8.42 Å². The highest BCUT2D eigenvalue weighted by atomic mass is 35.5. The normalized spacial score (nSPS) is 11.5. The van der Waals surface area contributed by atoms with Crippen LogP contribution in [0.25, 0.3) is 5.69 Å². The summed E-state index contributed by atoms with van der Waals surface area (Å²) in [6.07, 6.45) is 0. The summed E-state index contributed by atoms with van der Waals surface area (Å²) in [6, 6.07) is 13.1. The first-order valence-corrected chi connectivity index (χ1v) is 9.50. The molecule has 3 N–H and O–H groups in total. The van der Waals surface area contributed by atoms with Crippen LogP contribution >= 0.6 is 11.6 Å². The van der Waals surface area contributed by atoms with E-state index < -0.39 is 15.6 Å². The number of sulfonamides is 1. The van der Waals surface area contributed by atoms with Crippen LogP contribution in [-0.4, -0.2) is 17.8 Å². The van der Waals surface area contributed by atoms with E-state index in [1.54, 1.807) is 42.9 Å². The van der Waals surface area contributed by atoms with Crippen molar-refractivity contribution in [1.82, 2.24) is 9.36 Å². The molecule has 0 unspecified atom stereocenters. The Bertz CT molecular complexity index is 1130. The van der Waals surface area contributed by atoms with Gasteiger partial charge in [-0.1, -0.05) is 29.8 Å². The van der Waals surface area contributed by atoms with Gasteiger partial charge in [-0.15, -0.1) is 0 Å². The zero-order chi connectivity index (χ0) is 19.1. The molecule has 0 saturated carbocycles. The average Bonchev–Trinajstić information content (AvgIpc) is 2.81. The van der Waals surface area contributed by atoms with Gasteiger partial charge in [-0.25, -0.2) is 13.1 Å². The molecule has 0 saturated heterocycles. The summed E-state index contributed by atoms with van der Waals surface area (Å²) in [5, 5.41) is 0.0173. The average molecular weight is 393 g/mol. The molecule has 9 heteroatoms. The summed E-state index contributed by atoms with van der Waals surface area (Å²) in [5.74, 6) is 0. The third-order valence-corrected chi connectivity index (χ3v) is 5.87. The lowest BCUT2D eigenvalue weighted by atomic mass is 10.3. The number of aromatic nitrogens is 2. The number of para-hydroxylation sites is 1. The Morgan fingerprint density at radius 1 is 1.12 bits per heavy atom. The van der Waals surface area contributed by atoms with Crippen LogP contribution in [0, 0.1) is 6.92 Å². The van der Waals surface area contributed by atoms with Gasteiger partial charge in [-0.05, 0) is 37.3 Å². The van der Waals surface area contributed by atoms with Gasteiger partial charge in [-0.3, -0.25) is 14.2 Å². The molecule has 0 aliphatic heterocycles. The van der Waals surface area contributed by atoms with Gasteiger partial charge >= 0.3 is 0 Å². The monoisotopic (exact) mass is 392 g/mol. The third-order valence-electron chi connectivity index (χ3n) is 4.04. The van der Waals surface area contributed by atoms with Crippen molar-refractivity contribution in [3.05, 3.63) is 69.6 Å². The Hall–Kier alpha value is -2.71. The van der Waals surface area contributed by atoms with Gasteiger partial charge in [0.1, 0.15) is 10.6 Å². The molecule has 0 aliphatic rings. The molecule has 0 bridgehead atoms.